The van der Waals surface area contributed by atoms with Crippen molar-refractivity contribution in [3.05, 3.63) is 57.7 Å². The number of hydrogen-bond acceptors (Lipinski definition) is 5. The van der Waals surface area contributed by atoms with E-state index in [4.69, 9.17) is 21.3 Å². The summed E-state index contributed by atoms with van der Waals surface area (Å²) in [5, 5.41) is 1.71. The van der Waals surface area contributed by atoms with Crippen molar-refractivity contribution in [2.24, 2.45) is 5.92 Å². The summed E-state index contributed by atoms with van der Waals surface area (Å²) in [6.45, 7) is 3.82. The van der Waals surface area contributed by atoms with E-state index in [1.54, 1.807) is 41.7 Å². The SMILES string of the molecule is COc1ccc(-c2sc(CC3CCCCC3)nc2C)cc1S(=O)(=O)Nc1ccc(Cl)c(C)c1. The average Bonchev–Trinajstić information content (AvgIpc) is 3.16. The van der Waals surface area contributed by atoms with Crippen molar-refractivity contribution >= 4 is 38.6 Å². The normalized spacial score (nSPS) is 14.9. The molecule has 5 nitrogen and oxygen atoms in total. The van der Waals surface area contributed by atoms with Crippen LogP contribution in [0.1, 0.15) is 48.4 Å². The first-order valence-corrected chi connectivity index (χ1v) is 13.9. The Hall–Kier alpha value is -2.09. The zero-order chi connectivity index (χ0) is 23.6. The summed E-state index contributed by atoms with van der Waals surface area (Å²) >= 11 is 7.75. The minimum absolute atomic E-state index is 0.0942. The summed E-state index contributed by atoms with van der Waals surface area (Å²) < 4.78 is 34.6. The van der Waals surface area contributed by atoms with Crippen molar-refractivity contribution in [1.82, 2.24) is 4.98 Å². The van der Waals surface area contributed by atoms with Gasteiger partial charge in [0, 0.05) is 17.1 Å². The van der Waals surface area contributed by atoms with Gasteiger partial charge in [0.1, 0.15) is 10.6 Å². The second-order valence-electron chi connectivity index (χ2n) is 8.67. The smallest absolute Gasteiger partial charge is 0.265 e. The van der Waals surface area contributed by atoms with Crippen molar-refractivity contribution < 1.29 is 13.2 Å². The molecule has 1 aromatic heterocycles. The average molecular weight is 505 g/mol. The number of methoxy groups -OCH3 is 1. The maximum Gasteiger partial charge on any atom is 0.265 e. The topological polar surface area (TPSA) is 68.3 Å². The Labute approximate surface area is 205 Å². The Kier molecular flexibility index (Phi) is 7.31. The van der Waals surface area contributed by atoms with Gasteiger partial charge in [-0.05, 0) is 67.3 Å². The van der Waals surface area contributed by atoms with Gasteiger partial charge in [-0.2, -0.15) is 0 Å². The Balaban J connectivity index is 1.64. The molecule has 3 aromatic rings. The molecule has 2 aromatic carbocycles. The Bertz CT molecular complexity index is 1250. The quantitative estimate of drug-likeness (QED) is 0.375. The van der Waals surface area contributed by atoms with E-state index in [0.29, 0.717) is 22.4 Å². The van der Waals surface area contributed by atoms with E-state index in [9.17, 15) is 8.42 Å². The number of hydrogen-bond donors (Lipinski definition) is 1. The number of thiazole rings is 1. The molecule has 1 N–H and O–H groups in total. The minimum Gasteiger partial charge on any atom is -0.495 e. The molecule has 33 heavy (non-hydrogen) atoms. The fourth-order valence-electron chi connectivity index (χ4n) is 4.39. The van der Waals surface area contributed by atoms with Gasteiger partial charge in [-0.15, -0.1) is 11.3 Å². The Morgan fingerprint density at radius 1 is 1.12 bits per heavy atom. The number of sulfonamides is 1. The van der Waals surface area contributed by atoms with Crippen LogP contribution in [0.25, 0.3) is 10.4 Å². The molecular weight excluding hydrogens is 476 g/mol. The van der Waals surface area contributed by atoms with E-state index in [1.807, 2.05) is 19.9 Å². The molecule has 8 heteroatoms. The van der Waals surface area contributed by atoms with Crippen LogP contribution in [0.5, 0.6) is 5.75 Å². The Morgan fingerprint density at radius 3 is 2.58 bits per heavy atom. The minimum atomic E-state index is -3.88. The van der Waals surface area contributed by atoms with Gasteiger partial charge in [0.15, 0.2) is 0 Å². The molecule has 0 spiro atoms. The molecule has 1 fully saturated rings. The number of anilines is 1. The summed E-state index contributed by atoms with van der Waals surface area (Å²) in [5.74, 6) is 0.998. The van der Waals surface area contributed by atoms with Crippen molar-refractivity contribution in [1.29, 1.82) is 0 Å². The molecule has 0 saturated heterocycles. The molecule has 0 bridgehead atoms. The molecule has 0 atom stereocenters. The maximum atomic E-state index is 13.3. The molecule has 0 unspecified atom stereocenters. The highest BCUT2D eigenvalue weighted by Gasteiger charge is 2.23. The van der Waals surface area contributed by atoms with Crippen LogP contribution < -0.4 is 9.46 Å². The van der Waals surface area contributed by atoms with E-state index in [0.717, 1.165) is 33.1 Å². The molecule has 1 aliphatic rings. The highest BCUT2D eigenvalue weighted by Crippen LogP contribution is 2.37. The Morgan fingerprint density at radius 2 is 1.88 bits per heavy atom. The van der Waals surface area contributed by atoms with Gasteiger partial charge in [-0.25, -0.2) is 13.4 Å². The number of aryl methyl sites for hydroxylation is 2. The van der Waals surface area contributed by atoms with E-state index in [1.165, 1.54) is 39.2 Å². The number of halogens is 1. The fraction of sp³-hybridized carbons (Fsp3) is 0.400. The first-order chi connectivity index (χ1) is 15.8. The van der Waals surface area contributed by atoms with Gasteiger partial charge in [-0.1, -0.05) is 43.7 Å². The van der Waals surface area contributed by atoms with Crippen LogP contribution in [0.3, 0.4) is 0 Å². The van der Waals surface area contributed by atoms with Crippen LogP contribution in [0, 0.1) is 19.8 Å². The van der Waals surface area contributed by atoms with Crippen molar-refractivity contribution in [2.75, 3.05) is 11.8 Å². The van der Waals surface area contributed by atoms with Gasteiger partial charge >= 0.3 is 0 Å². The number of nitrogens with zero attached hydrogens (tertiary/aromatic N) is 1. The second kappa shape index (κ2) is 10.0. The lowest BCUT2D eigenvalue weighted by molar-refractivity contribution is 0.356. The van der Waals surface area contributed by atoms with E-state index < -0.39 is 10.0 Å². The summed E-state index contributed by atoms with van der Waals surface area (Å²) in [7, 11) is -2.41. The van der Waals surface area contributed by atoms with Gasteiger partial charge in [0.25, 0.3) is 10.0 Å². The van der Waals surface area contributed by atoms with Crippen molar-refractivity contribution in [3.63, 3.8) is 0 Å². The molecule has 0 radical (unpaired) electrons. The second-order valence-corrected chi connectivity index (χ2v) is 11.8. The molecule has 176 valence electrons. The van der Waals surface area contributed by atoms with Crippen molar-refractivity contribution in [2.45, 2.75) is 57.3 Å². The summed E-state index contributed by atoms with van der Waals surface area (Å²) in [6, 6.07) is 10.3. The number of rotatable bonds is 7. The van der Waals surface area contributed by atoms with Gasteiger partial charge < -0.3 is 4.74 Å². The van der Waals surface area contributed by atoms with Crippen LogP contribution in [-0.2, 0) is 16.4 Å². The predicted molar refractivity (Wildman–Crippen MR) is 136 cm³/mol. The molecule has 0 aliphatic heterocycles. The van der Waals surface area contributed by atoms with Gasteiger partial charge in [-0.3, -0.25) is 4.72 Å². The highest BCUT2D eigenvalue weighted by atomic mass is 35.5. The number of ether oxygens (including phenoxy) is 1. The maximum absolute atomic E-state index is 13.3. The lowest BCUT2D eigenvalue weighted by Crippen LogP contribution is -2.14. The lowest BCUT2D eigenvalue weighted by Gasteiger charge is -2.20. The predicted octanol–water partition coefficient (Wildman–Crippen LogP) is 7.01. The third-order valence-corrected chi connectivity index (χ3v) is 9.21. The van der Waals surface area contributed by atoms with Crippen molar-refractivity contribution in [3.8, 4) is 16.2 Å². The van der Waals surface area contributed by atoms with Crippen LogP contribution in [-0.4, -0.2) is 20.5 Å². The standard InChI is InChI=1S/C25H29ClN2O3S2/c1-16-13-20(10-11-21(16)26)28-33(29,30)23-15-19(9-12-22(23)31-3)25-17(2)27-24(32-25)14-18-7-5-4-6-8-18/h9-13,15,18,28H,4-8,14H2,1-3H3. The van der Waals surface area contributed by atoms with Gasteiger partial charge in [0.05, 0.1) is 22.7 Å². The number of aromatic nitrogens is 1. The third-order valence-electron chi connectivity index (χ3n) is 6.15. The number of benzene rings is 2. The van der Waals surface area contributed by atoms with Crippen LogP contribution in [0.2, 0.25) is 5.02 Å². The first kappa shape index (κ1) is 24.0. The lowest BCUT2D eigenvalue weighted by atomic mass is 9.87. The van der Waals surface area contributed by atoms with E-state index in [-0.39, 0.29) is 4.90 Å². The summed E-state index contributed by atoms with van der Waals surface area (Å²) in [6.07, 6.45) is 7.50. The highest BCUT2D eigenvalue weighted by molar-refractivity contribution is 7.92. The van der Waals surface area contributed by atoms with Crippen LogP contribution in [0.4, 0.5) is 5.69 Å². The monoisotopic (exact) mass is 504 g/mol. The van der Waals surface area contributed by atoms with E-state index in [2.05, 4.69) is 4.72 Å². The molecule has 0 amide bonds. The molecule has 4 rings (SSSR count). The first-order valence-electron chi connectivity index (χ1n) is 11.2. The summed E-state index contributed by atoms with van der Waals surface area (Å²) in [5.41, 5.74) is 3.01. The van der Waals surface area contributed by atoms with E-state index >= 15 is 0 Å². The largest absolute Gasteiger partial charge is 0.495 e. The van der Waals surface area contributed by atoms with Gasteiger partial charge in [0.2, 0.25) is 0 Å². The zero-order valence-electron chi connectivity index (χ0n) is 19.2. The third kappa shape index (κ3) is 5.53. The molecule has 1 aliphatic carbocycles. The van der Waals surface area contributed by atoms with Crippen LogP contribution >= 0.6 is 22.9 Å². The number of nitrogens with one attached hydrogen (secondary N) is 1. The zero-order valence-corrected chi connectivity index (χ0v) is 21.5. The molecule has 1 saturated carbocycles. The molecule has 1 heterocycles. The fourth-order valence-corrected chi connectivity index (χ4v) is 6.93. The summed E-state index contributed by atoms with van der Waals surface area (Å²) in [4.78, 5) is 5.91. The van der Waals surface area contributed by atoms with Crippen LogP contribution in [0.15, 0.2) is 41.3 Å². The molecular formula is C25H29ClN2O3S2.